The number of nitrogens with one attached hydrogen (secondary N) is 1. The minimum absolute atomic E-state index is 0.0901. The van der Waals surface area contributed by atoms with Crippen molar-refractivity contribution in [2.75, 3.05) is 30.5 Å². The van der Waals surface area contributed by atoms with Gasteiger partial charge in [0.25, 0.3) is 0 Å². The van der Waals surface area contributed by atoms with Crippen molar-refractivity contribution in [2.45, 2.75) is 103 Å². The predicted molar refractivity (Wildman–Crippen MR) is 217 cm³/mol. The van der Waals surface area contributed by atoms with Crippen LogP contribution in [0.1, 0.15) is 114 Å². The molecule has 4 aromatic carbocycles. The molecule has 4 unspecified atom stereocenters. The molecule has 0 radical (unpaired) electrons. The zero-order valence-electron chi connectivity index (χ0n) is 32.7. The van der Waals surface area contributed by atoms with Crippen LogP contribution < -0.4 is 19.7 Å². The maximum Gasteiger partial charge on any atom is 0.136 e. The Balaban J connectivity index is 1.09. The first kappa shape index (κ1) is 35.8. The van der Waals surface area contributed by atoms with Crippen LogP contribution in [0.25, 0.3) is 11.1 Å². The van der Waals surface area contributed by atoms with Gasteiger partial charge in [-0.05, 0) is 119 Å². The van der Waals surface area contributed by atoms with Crippen LogP contribution in [0.3, 0.4) is 0 Å². The molecule has 0 aromatic heterocycles. The third-order valence-corrected chi connectivity index (χ3v) is 13.6. The lowest BCUT2D eigenvalue weighted by atomic mass is 9.49. The van der Waals surface area contributed by atoms with E-state index in [1.165, 1.54) is 48.1 Å². The lowest BCUT2D eigenvalue weighted by Crippen LogP contribution is -2.53. The Morgan fingerprint density at radius 2 is 1.77 bits per heavy atom. The van der Waals surface area contributed by atoms with E-state index in [0.29, 0.717) is 36.6 Å². The number of ketones is 1. The highest BCUT2D eigenvalue weighted by Crippen LogP contribution is 2.59. The average molecular weight is 711 g/mol. The van der Waals surface area contributed by atoms with Gasteiger partial charge in [-0.1, -0.05) is 95.6 Å². The summed E-state index contributed by atoms with van der Waals surface area (Å²) in [6.45, 7) is 13.4. The van der Waals surface area contributed by atoms with Crippen molar-refractivity contribution in [1.82, 2.24) is 0 Å². The molecule has 1 heterocycles. The molecule has 278 valence electrons. The minimum atomic E-state index is -0.0901. The van der Waals surface area contributed by atoms with Crippen molar-refractivity contribution in [1.29, 1.82) is 0 Å². The highest BCUT2D eigenvalue weighted by Gasteiger charge is 2.53. The highest BCUT2D eigenvalue weighted by atomic mass is 16.5. The molecule has 0 saturated heterocycles. The summed E-state index contributed by atoms with van der Waals surface area (Å²) in [6.07, 6.45) is 8.40. The predicted octanol–water partition coefficient (Wildman–Crippen LogP) is 11.5. The molecule has 2 fully saturated rings. The summed E-state index contributed by atoms with van der Waals surface area (Å²) in [4.78, 5) is 15.0. The second-order valence-electron chi connectivity index (χ2n) is 17.5. The van der Waals surface area contributed by atoms with Crippen molar-refractivity contribution in [3.05, 3.63) is 107 Å². The van der Waals surface area contributed by atoms with Gasteiger partial charge >= 0.3 is 0 Å². The van der Waals surface area contributed by atoms with Gasteiger partial charge in [-0.3, -0.25) is 4.79 Å². The van der Waals surface area contributed by atoms with Crippen LogP contribution in [0.2, 0.25) is 0 Å². The molecular weight excluding hydrogens is 653 g/mol. The zero-order valence-corrected chi connectivity index (χ0v) is 32.7. The molecule has 53 heavy (non-hydrogen) atoms. The summed E-state index contributed by atoms with van der Waals surface area (Å²) in [5.74, 6) is 3.96. The second kappa shape index (κ2) is 14.2. The first-order valence-electron chi connectivity index (χ1n) is 20.3. The van der Waals surface area contributed by atoms with Gasteiger partial charge in [0, 0.05) is 30.5 Å². The Hall–Kier alpha value is -4.25. The molecule has 2 saturated carbocycles. The van der Waals surface area contributed by atoms with Gasteiger partial charge in [-0.2, -0.15) is 0 Å². The summed E-state index contributed by atoms with van der Waals surface area (Å²) in [6, 6.07) is 31.3. The Bertz CT molecular complexity index is 1970. The van der Waals surface area contributed by atoms with Gasteiger partial charge in [0.05, 0.1) is 25.1 Å². The van der Waals surface area contributed by atoms with Crippen molar-refractivity contribution in [3.8, 4) is 22.6 Å². The number of nitrogens with zero attached hydrogens (tertiary/aromatic N) is 1. The number of anilines is 2. The number of hydrogen-bond acceptors (Lipinski definition) is 5. The largest absolute Gasteiger partial charge is 0.496 e. The molecule has 4 aliphatic rings. The SMILES string of the molecule is COc1cc(OCCCC(=O)C2C[C@@H]2C)ccc1C1Nc2cc(-c3ccccc3)ccc2N1CC1(C)CCCC2(C)c3ccc(C(C)C)cc3CC[C@H]12. The first-order valence-corrected chi connectivity index (χ1v) is 20.3. The fraction of sp³-hybridized carbons (Fsp3) is 0.479. The summed E-state index contributed by atoms with van der Waals surface area (Å²) >= 11 is 0. The van der Waals surface area contributed by atoms with E-state index < -0.39 is 0 Å². The standard InChI is InChI=1S/C48H58N2O3/c1-31(2)34-15-20-40-36(27-34)17-22-45-47(4,23-11-24-48(40,45)5)30-50-42-21-16-35(33-12-8-7-9-13-33)28-41(42)49-46(50)38-19-18-37(29-44(38)52-6)53-25-10-14-43(51)39-26-32(39)3/h7-9,12-13,15-16,18-21,27-29,31-32,39,45-46,49H,10-11,14,17,22-26,30H2,1-6H3/t32-,39?,45+,46?,47?,48?/m0/s1. The average Bonchev–Trinajstić information content (AvgIpc) is 3.81. The van der Waals surface area contributed by atoms with E-state index in [1.54, 1.807) is 18.2 Å². The van der Waals surface area contributed by atoms with E-state index in [1.807, 2.05) is 6.07 Å². The third kappa shape index (κ3) is 6.74. The fourth-order valence-corrected chi connectivity index (χ4v) is 10.5. The fourth-order valence-electron chi connectivity index (χ4n) is 10.5. The molecule has 1 N–H and O–H groups in total. The number of ether oxygens (including phenoxy) is 2. The summed E-state index contributed by atoms with van der Waals surface area (Å²) in [5, 5.41) is 3.98. The van der Waals surface area contributed by atoms with Gasteiger partial charge in [0.2, 0.25) is 0 Å². The van der Waals surface area contributed by atoms with Crippen LogP contribution in [-0.4, -0.2) is 26.0 Å². The second-order valence-corrected chi connectivity index (χ2v) is 17.5. The number of methoxy groups -OCH3 is 1. The number of benzene rings is 4. The maximum atomic E-state index is 12.4. The Morgan fingerprint density at radius 1 is 0.962 bits per heavy atom. The number of carbonyl (C=O) groups is 1. The smallest absolute Gasteiger partial charge is 0.136 e. The lowest BCUT2D eigenvalue weighted by molar-refractivity contribution is -0.120. The summed E-state index contributed by atoms with van der Waals surface area (Å²) in [5.41, 5.74) is 10.9. The monoisotopic (exact) mass is 710 g/mol. The van der Waals surface area contributed by atoms with Gasteiger partial charge in [-0.15, -0.1) is 0 Å². The quantitative estimate of drug-likeness (QED) is 0.148. The normalized spacial score (nSPS) is 27.0. The molecule has 0 bridgehead atoms. The van der Waals surface area contributed by atoms with Crippen molar-refractivity contribution >= 4 is 17.2 Å². The molecule has 6 atom stereocenters. The highest BCUT2D eigenvalue weighted by molar-refractivity contribution is 5.84. The molecule has 4 aromatic rings. The van der Waals surface area contributed by atoms with E-state index in [9.17, 15) is 4.79 Å². The number of aryl methyl sites for hydroxylation is 1. The third-order valence-electron chi connectivity index (χ3n) is 13.6. The maximum absolute atomic E-state index is 12.4. The van der Waals surface area contributed by atoms with E-state index >= 15 is 0 Å². The van der Waals surface area contributed by atoms with Crippen LogP contribution in [0.4, 0.5) is 11.4 Å². The molecule has 1 aliphatic heterocycles. The molecule has 0 amide bonds. The van der Waals surface area contributed by atoms with E-state index in [2.05, 4.69) is 124 Å². The van der Waals surface area contributed by atoms with Crippen molar-refractivity contribution < 1.29 is 14.3 Å². The van der Waals surface area contributed by atoms with Crippen molar-refractivity contribution in [3.63, 3.8) is 0 Å². The number of hydrogen-bond donors (Lipinski definition) is 1. The van der Waals surface area contributed by atoms with Gasteiger partial charge in [0.1, 0.15) is 23.4 Å². The molecular formula is C48H58N2O3. The van der Waals surface area contributed by atoms with E-state index in [-0.39, 0.29) is 22.9 Å². The van der Waals surface area contributed by atoms with Gasteiger partial charge in [-0.25, -0.2) is 0 Å². The number of carbonyl (C=O) groups excluding carboxylic acids is 1. The molecule has 3 aliphatic carbocycles. The van der Waals surface area contributed by atoms with E-state index in [0.717, 1.165) is 48.6 Å². The number of fused-ring (bicyclic) bond motifs is 4. The summed E-state index contributed by atoms with van der Waals surface area (Å²) < 4.78 is 12.3. The van der Waals surface area contributed by atoms with Crippen molar-refractivity contribution in [2.24, 2.45) is 23.2 Å². The molecule has 8 rings (SSSR count). The summed E-state index contributed by atoms with van der Waals surface area (Å²) in [7, 11) is 1.76. The number of Topliss-reactive ketones (excluding diaryl/α,β-unsaturated/α-hetero) is 1. The van der Waals surface area contributed by atoms with E-state index in [4.69, 9.17) is 9.47 Å². The van der Waals surface area contributed by atoms with Crippen LogP contribution in [0.15, 0.2) is 84.9 Å². The van der Waals surface area contributed by atoms with Crippen LogP contribution in [-0.2, 0) is 16.6 Å². The van der Waals surface area contributed by atoms with Gasteiger partial charge in [0.15, 0.2) is 0 Å². The number of rotatable bonds is 12. The molecule has 5 heteroatoms. The van der Waals surface area contributed by atoms with Gasteiger partial charge < -0.3 is 19.7 Å². The Kier molecular flexibility index (Phi) is 9.58. The van der Waals surface area contributed by atoms with Crippen LogP contribution >= 0.6 is 0 Å². The Labute approximate surface area is 317 Å². The Morgan fingerprint density at radius 3 is 2.53 bits per heavy atom. The first-order chi connectivity index (χ1) is 25.6. The minimum Gasteiger partial charge on any atom is -0.496 e. The molecule has 0 spiro atoms. The topological polar surface area (TPSA) is 50.8 Å². The van der Waals surface area contributed by atoms with Crippen LogP contribution in [0, 0.1) is 23.2 Å². The van der Waals surface area contributed by atoms with Crippen LogP contribution in [0.5, 0.6) is 11.5 Å². The zero-order chi connectivity index (χ0) is 36.9. The lowest BCUT2D eigenvalue weighted by Gasteiger charge is -2.57. The molecule has 5 nitrogen and oxygen atoms in total.